The molecular formula is C9H4Cl2IN. The Hall–Kier alpha value is -0.0600. The molecule has 2 aromatic rings. The van der Waals surface area contributed by atoms with Crippen LogP contribution in [0, 0.1) is 3.57 Å². The molecule has 0 aliphatic rings. The van der Waals surface area contributed by atoms with Crippen LogP contribution in [0.4, 0.5) is 0 Å². The largest absolute Gasteiger partial charge is 0.223 e. The van der Waals surface area contributed by atoms with Crippen molar-refractivity contribution < 1.29 is 0 Å². The number of hydrogen-bond donors (Lipinski definition) is 0. The van der Waals surface area contributed by atoms with E-state index in [-0.39, 0.29) is 0 Å². The van der Waals surface area contributed by atoms with Crippen LogP contribution >= 0.6 is 45.8 Å². The van der Waals surface area contributed by atoms with Crippen molar-refractivity contribution in [3.8, 4) is 0 Å². The second-order valence-electron chi connectivity index (χ2n) is 2.55. The zero-order valence-corrected chi connectivity index (χ0v) is 10.1. The Morgan fingerprint density at radius 1 is 1.00 bits per heavy atom. The number of pyridine rings is 1. The van der Waals surface area contributed by atoms with Crippen LogP contribution in [0.3, 0.4) is 0 Å². The van der Waals surface area contributed by atoms with Gasteiger partial charge in [0.1, 0.15) is 10.3 Å². The minimum absolute atomic E-state index is 0.459. The maximum atomic E-state index is 5.94. The minimum Gasteiger partial charge on any atom is -0.223 e. The first-order valence-electron chi connectivity index (χ1n) is 3.59. The first-order valence-corrected chi connectivity index (χ1v) is 5.43. The number of nitrogens with zero attached hydrogens (tertiary/aromatic N) is 1. The molecule has 0 saturated carbocycles. The molecule has 0 atom stereocenters. The zero-order chi connectivity index (χ0) is 9.42. The fraction of sp³-hybridized carbons (Fsp3) is 0. The van der Waals surface area contributed by atoms with Gasteiger partial charge in [-0.25, -0.2) is 4.98 Å². The van der Waals surface area contributed by atoms with Gasteiger partial charge in [0.05, 0.1) is 3.57 Å². The standard InChI is InChI=1S/C9H4Cl2IN/c10-8-6-4-2-1-3-5(6)7(12)9(11)13-8/h1-4H. The van der Waals surface area contributed by atoms with Gasteiger partial charge in [0.2, 0.25) is 0 Å². The topological polar surface area (TPSA) is 12.9 Å². The van der Waals surface area contributed by atoms with E-state index in [1.807, 2.05) is 24.3 Å². The Kier molecular flexibility index (Phi) is 2.62. The molecule has 0 saturated heterocycles. The first kappa shape index (κ1) is 9.49. The summed E-state index contributed by atoms with van der Waals surface area (Å²) in [6.07, 6.45) is 0. The third-order valence-electron chi connectivity index (χ3n) is 1.76. The van der Waals surface area contributed by atoms with Crippen molar-refractivity contribution in [3.05, 3.63) is 38.1 Å². The number of halogens is 3. The van der Waals surface area contributed by atoms with E-state index >= 15 is 0 Å². The van der Waals surface area contributed by atoms with Crippen LogP contribution in [0.5, 0.6) is 0 Å². The van der Waals surface area contributed by atoms with Gasteiger partial charge in [-0.1, -0.05) is 47.5 Å². The van der Waals surface area contributed by atoms with Crippen molar-refractivity contribution in [2.45, 2.75) is 0 Å². The smallest absolute Gasteiger partial charge is 0.144 e. The summed E-state index contributed by atoms with van der Waals surface area (Å²) in [6, 6.07) is 7.80. The second-order valence-corrected chi connectivity index (χ2v) is 4.35. The second kappa shape index (κ2) is 3.59. The Morgan fingerprint density at radius 2 is 1.62 bits per heavy atom. The monoisotopic (exact) mass is 323 g/mol. The fourth-order valence-electron chi connectivity index (χ4n) is 1.16. The molecular weight excluding hydrogens is 320 g/mol. The lowest BCUT2D eigenvalue weighted by Crippen LogP contribution is -1.85. The van der Waals surface area contributed by atoms with Crippen LogP contribution in [-0.2, 0) is 0 Å². The third kappa shape index (κ3) is 1.63. The number of benzene rings is 1. The highest BCUT2D eigenvalue weighted by Gasteiger charge is 2.07. The van der Waals surface area contributed by atoms with Gasteiger partial charge in [-0.05, 0) is 22.6 Å². The van der Waals surface area contributed by atoms with Gasteiger partial charge in [0.25, 0.3) is 0 Å². The van der Waals surface area contributed by atoms with Gasteiger partial charge in [-0.15, -0.1) is 0 Å². The van der Waals surface area contributed by atoms with E-state index in [0.29, 0.717) is 10.3 Å². The molecule has 0 unspecified atom stereocenters. The Morgan fingerprint density at radius 3 is 2.31 bits per heavy atom. The molecule has 0 radical (unpaired) electrons. The predicted molar refractivity (Wildman–Crippen MR) is 64.5 cm³/mol. The molecule has 13 heavy (non-hydrogen) atoms. The lowest BCUT2D eigenvalue weighted by molar-refractivity contribution is 1.34. The van der Waals surface area contributed by atoms with Gasteiger partial charge in [0.15, 0.2) is 0 Å². The summed E-state index contributed by atoms with van der Waals surface area (Å²) >= 11 is 14.0. The summed E-state index contributed by atoms with van der Waals surface area (Å²) in [6.45, 7) is 0. The SMILES string of the molecule is Clc1nc(Cl)c2ccccc2c1I. The summed E-state index contributed by atoms with van der Waals surface area (Å²) < 4.78 is 0.944. The molecule has 0 spiro atoms. The van der Waals surface area contributed by atoms with E-state index in [0.717, 1.165) is 14.3 Å². The van der Waals surface area contributed by atoms with Gasteiger partial charge < -0.3 is 0 Å². The van der Waals surface area contributed by atoms with E-state index in [2.05, 4.69) is 27.6 Å². The molecule has 1 nitrogen and oxygen atoms in total. The van der Waals surface area contributed by atoms with Crippen molar-refractivity contribution in [2.75, 3.05) is 0 Å². The van der Waals surface area contributed by atoms with E-state index in [4.69, 9.17) is 23.2 Å². The van der Waals surface area contributed by atoms with Gasteiger partial charge in [-0.2, -0.15) is 0 Å². The molecule has 1 aromatic carbocycles. The summed E-state index contributed by atoms with van der Waals surface area (Å²) in [4.78, 5) is 4.02. The molecule has 2 rings (SSSR count). The van der Waals surface area contributed by atoms with Crippen molar-refractivity contribution in [2.24, 2.45) is 0 Å². The van der Waals surface area contributed by atoms with E-state index < -0.39 is 0 Å². The summed E-state index contributed by atoms with van der Waals surface area (Å²) in [5.41, 5.74) is 0. The summed E-state index contributed by atoms with van der Waals surface area (Å²) in [5.74, 6) is 0. The van der Waals surface area contributed by atoms with Gasteiger partial charge in [0, 0.05) is 10.8 Å². The fourth-order valence-corrected chi connectivity index (χ4v) is 2.23. The highest BCUT2D eigenvalue weighted by molar-refractivity contribution is 14.1. The van der Waals surface area contributed by atoms with Crippen LogP contribution in [0.25, 0.3) is 10.8 Å². The highest BCUT2D eigenvalue weighted by Crippen LogP contribution is 2.30. The molecule has 0 N–H and O–H groups in total. The van der Waals surface area contributed by atoms with Gasteiger partial charge in [-0.3, -0.25) is 0 Å². The molecule has 4 heteroatoms. The molecule has 0 amide bonds. The Bertz CT molecular complexity index is 470. The van der Waals surface area contributed by atoms with Crippen LogP contribution in [0.1, 0.15) is 0 Å². The lowest BCUT2D eigenvalue weighted by Gasteiger charge is -2.03. The summed E-state index contributed by atoms with van der Waals surface area (Å²) in [5, 5.41) is 2.91. The molecule has 0 fully saturated rings. The number of hydrogen-bond acceptors (Lipinski definition) is 1. The molecule has 0 aliphatic heterocycles. The van der Waals surface area contributed by atoms with Crippen molar-refractivity contribution in [1.29, 1.82) is 0 Å². The third-order valence-corrected chi connectivity index (χ3v) is 3.74. The normalized spacial score (nSPS) is 10.7. The Labute approximate surface area is 99.2 Å². The average Bonchev–Trinajstić information content (AvgIpc) is 2.15. The first-order chi connectivity index (χ1) is 6.20. The average molecular weight is 324 g/mol. The quantitative estimate of drug-likeness (QED) is 0.524. The molecule has 1 heterocycles. The molecule has 66 valence electrons. The molecule has 0 aliphatic carbocycles. The minimum atomic E-state index is 0.459. The lowest BCUT2D eigenvalue weighted by atomic mass is 10.2. The van der Waals surface area contributed by atoms with Crippen LogP contribution in [0.2, 0.25) is 10.3 Å². The van der Waals surface area contributed by atoms with Gasteiger partial charge >= 0.3 is 0 Å². The highest BCUT2D eigenvalue weighted by atomic mass is 127. The van der Waals surface area contributed by atoms with Crippen molar-refractivity contribution in [3.63, 3.8) is 0 Å². The zero-order valence-electron chi connectivity index (χ0n) is 6.39. The molecule has 1 aromatic heterocycles. The van der Waals surface area contributed by atoms with Crippen molar-refractivity contribution >= 4 is 56.6 Å². The number of aromatic nitrogens is 1. The maximum Gasteiger partial charge on any atom is 0.144 e. The van der Waals surface area contributed by atoms with Crippen LogP contribution in [0.15, 0.2) is 24.3 Å². The van der Waals surface area contributed by atoms with Crippen LogP contribution in [-0.4, -0.2) is 4.98 Å². The molecule has 0 bridgehead atoms. The van der Waals surface area contributed by atoms with E-state index in [1.165, 1.54) is 0 Å². The van der Waals surface area contributed by atoms with Crippen molar-refractivity contribution in [1.82, 2.24) is 4.98 Å². The maximum absolute atomic E-state index is 5.94. The van der Waals surface area contributed by atoms with Crippen LogP contribution < -0.4 is 0 Å². The predicted octanol–water partition coefficient (Wildman–Crippen LogP) is 4.15. The summed E-state index contributed by atoms with van der Waals surface area (Å²) in [7, 11) is 0. The number of fused-ring (bicyclic) bond motifs is 1. The van der Waals surface area contributed by atoms with E-state index in [9.17, 15) is 0 Å². The number of rotatable bonds is 0. The van der Waals surface area contributed by atoms with E-state index in [1.54, 1.807) is 0 Å². The Balaban J connectivity index is 2.97.